The van der Waals surface area contributed by atoms with Gasteiger partial charge >= 0.3 is 5.69 Å². The van der Waals surface area contributed by atoms with E-state index in [1.54, 1.807) is 42.5 Å². The summed E-state index contributed by atoms with van der Waals surface area (Å²) in [4.78, 5) is 30.6. The lowest BCUT2D eigenvalue weighted by Crippen LogP contribution is -2.28. The highest BCUT2D eigenvalue weighted by Gasteiger charge is 2.19. The number of anilines is 1. The molecule has 172 valence electrons. The second-order valence-electron chi connectivity index (χ2n) is 8.04. The molecule has 35 heavy (non-hydrogen) atoms. The number of rotatable bonds is 5. The Balaban J connectivity index is 1.55. The number of para-hydroxylation sites is 2. The molecule has 2 heterocycles. The van der Waals surface area contributed by atoms with Crippen molar-refractivity contribution in [1.29, 1.82) is 5.26 Å². The molecule has 0 fully saturated rings. The normalized spacial score (nSPS) is 10.9. The summed E-state index contributed by atoms with van der Waals surface area (Å²) in [6.07, 6.45) is 0. The molecule has 0 aliphatic heterocycles. The number of nitrogens with one attached hydrogen (secondary N) is 1. The first-order valence-corrected chi connectivity index (χ1v) is 10.9. The Hall–Kier alpha value is -4.97. The van der Waals surface area contributed by atoms with Crippen LogP contribution in [0.3, 0.4) is 0 Å². The van der Waals surface area contributed by atoms with Gasteiger partial charge in [0.05, 0.1) is 22.7 Å². The number of carbonyl (C=O) groups excluding carboxylic acids is 1. The fourth-order valence-corrected chi connectivity index (χ4v) is 3.75. The summed E-state index contributed by atoms with van der Waals surface area (Å²) in [7, 11) is 0. The number of carbonyl (C=O) groups is 1. The zero-order valence-corrected chi connectivity index (χ0v) is 19.0. The van der Waals surface area contributed by atoms with Crippen molar-refractivity contribution in [3.8, 4) is 17.7 Å². The number of benzene rings is 3. The standard InChI is InChI=1S/C26H20N6O3/c1-16-6-5-9-22(17(16)2)35-25-24-30-31(15-23(33)28-19-12-10-18(14-27)11-13-19)26(34)32(24)21-8-4-3-7-20(21)29-25/h3-13H,15H2,1-2H3,(H,28,33). The summed E-state index contributed by atoms with van der Waals surface area (Å²) in [5, 5.41) is 16.0. The van der Waals surface area contributed by atoms with Crippen LogP contribution in [-0.4, -0.2) is 25.1 Å². The van der Waals surface area contributed by atoms with Gasteiger partial charge in [-0.3, -0.25) is 4.79 Å². The van der Waals surface area contributed by atoms with E-state index in [4.69, 9.17) is 10.00 Å². The molecule has 0 saturated heterocycles. The molecule has 0 unspecified atom stereocenters. The van der Waals surface area contributed by atoms with Crippen molar-refractivity contribution < 1.29 is 9.53 Å². The number of ether oxygens (including phenoxy) is 1. The molecular weight excluding hydrogens is 444 g/mol. The largest absolute Gasteiger partial charge is 0.436 e. The lowest BCUT2D eigenvalue weighted by molar-refractivity contribution is -0.117. The highest BCUT2D eigenvalue weighted by molar-refractivity contribution is 5.90. The van der Waals surface area contributed by atoms with Gasteiger partial charge in [0.15, 0.2) is 0 Å². The van der Waals surface area contributed by atoms with Crippen molar-refractivity contribution in [2.45, 2.75) is 20.4 Å². The number of amides is 1. The van der Waals surface area contributed by atoms with Crippen molar-refractivity contribution in [3.63, 3.8) is 0 Å². The Morgan fingerprint density at radius 3 is 2.60 bits per heavy atom. The molecular formula is C26H20N6O3. The minimum Gasteiger partial charge on any atom is -0.436 e. The van der Waals surface area contributed by atoms with Gasteiger partial charge in [0.25, 0.3) is 5.88 Å². The molecule has 1 N–H and O–H groups in total. The van der Waals surface area contributed by atoms with Crippen LogP contribution >= 0.6 is 0 Å². The van der Waals surface area contributed by atoms with E-state index in [0.717, 1.165) is 15.8 Å². The van der Waals surface area contributed by atoms with Gasteiger partial charge in [-0.1, -0.05) is 24.3 Å². The second kappa shape index (κ2) is 8.76. The molecule has 0 atom stereocenters. The summed E-state index contributed by atoms with van der Waals surface area (Å²) >= 11 is 0. The van der Waals surface area contributed by atoms with E-state index in [1.807, 2.05) is 44.2 Å². The number of hydrogen-bond donors (Lipinski definition) is 1. The van der Waals surface area contributed by atoms with Crippen LogP contribution in [0.25, 0.3) is 16.7 Å². The molecule has 0 radical (unpaired) electrons. The summed E-state index contributed by atoms with van der Waals surface area (Å²) in [5.41, 5.74) is 3.84. The van der Waals surface area contributed by atoms with Gasteiger partial charge < -0.3 is 10.1 Å². The predicted molar refractivity (Wildman–Crippen MR) is 131 cm³/mol. The lowest BCUT2D eigenvalue weighted by Gasteiger charge is -2.11. The molecule has 1 amide bonds. The SMILES string of the molecule is Cc1cccc(Oc2nc3ccccc3n3c(=O)n(CC(=O)Nc4ccc(C#N)cc4)nc23)c1C. The van der Waals surface area contributed by atoms with Crippen molar-refractivity contribution in [2.75, 3.05) is 5.32 Å². The van der Waals surface area contributed by atoms with Crippen LogP contribution < -0.4 is 15.7 Å². The molecule has 9 heteroatoms. The molecule has 5 aromatic rings. The number of aromatic nitrogens is 4. The average Bonchev–Trinajstić information content (AvgIpc) is 3.18. The summed E-state index contributed by atoms with van der Waals surface area (Å²) in [6.45, 7) is 3.62. The van der Waals surface area contributed by atoms with Crippen molar-refractivity contribution in [2.24, 2.45) is 0 Å². The van der Waals surface area contributed by atoms with Crippen LogP contribution in [0.5, 0.6) is 11.6 Å². The fraction of sp³-hybridized carbons (Fsp3) is 0.115. The first-order valence-electron chi connectivity index (χ1n) is 10.9. The monoisotopic (exact) mass is 464 g/mol. The molecule has 0 spiro atoms. The van der Waals surface area contributed by atoms with Crippen LogP contribution in [-0.2, 0) is 11.3 Å². The third-order valence-electron chi connectivity index (χ3n) is 5.73. The van der Waals surface area contributed by atoms with Crippen molar-refractivity contribution >= 4 is 28.3 Å². The van der Waals surface area contributed by atoms with E-state index in [2.05, 4.69) is 15.4 Å². The third kappa shape index (κ3) is 4.09. The molecule has 9 nitrogen and oxygen atoms in total. The zero-order valence-electron chi connectivity index (χ0n) is 19.0. The van der Waals surface area contributed by atoms with Gasteiger partial charge in [0, 0.05) is 5.69 Å². The smallest absolute Gasteiger partial charge is 0.351 e. The first-order chi connectivity index (χ1) is 16.9. The van der Waals surface area contributed by atoms with Crippen LogP contribution in [0.4, 0.5) is 5.69 Å². The molecule has 3 aromatic carbocycles. The maximum absolute atomic E-state index is 13.3. The number of fused-ring (bicyclic) bond motifs is 3. The minimum absolute atomic E-state index is 0.167. The van der Waals surface area contributed by atoms with Gasteiger partial charge in [-0.05, 0) is 67.4 Å². The predicted octanol–water partition coefficient (Wildman–Crippen LogP) is 3.96. The van der Waals surface area contributed by atoms with E-state index in [9.17, 15) is 9.59 Å². The van der Waals surface area contributed by atoms with Gasteiger partial charge in [-0.15, -0.1) is 5.10 Å². The minimum atomic E-state index is -0.487. The Kier molecular flexibility index (Phi) is 5.47. The van der Waals surface area contributed by atoms with Crippen molar-refractivity contribution in [1.82, 2.24) is 19.2 Å². The highest BCUT2D eigenvalue weighted by atomic mass is 16.5. The van der Waals surface area contributed by atoms with E-state index >= 15 is 0 Å². The maximum Gasteiger partial charge on any atom is 0.351 e. The molecule has 0 aliphatic rings. The van der Waals surface area contributed by atoms with Gasteiger partial charge in [0.2, 0.25) is 11.6 Å². The van der Waals surface area contributed by atoms with E-state index < -0.39 is 11.6 Å². The van der Waals surface area contributed by atoms with Gasteiger partial charge in [-0.25, -0.2) is 18.9 Å². The third-order valence-corrected chi connectivity index (χ3v) is 5.73. The Labute approximate surface area is 199 Å². The fourth-order valence-electron chi connectivity index (χ4n) is 3.75. The van der Waals surface area contributed by atoms with E-state index in [1.165, 1.54) is 4.40 Å². The highest BCUT2D eigenvalue weighted by Crippen LogP contribution is 2.29. The molecule has 5 rings (SSSR count). The Morgan fingerprint density at radius 1 is 1.06 bits per heavy atom. The first kappa shape index (κ1) is 21.9. The van der Waals surface area contributed by atoms with Crippen LogP contribution in [0.15, 0.2) is 71.5 Å². The van der Waals surface area contributed by atoms with Crippen molar-refractivity contribution in [3.05, 3.63) is 93.9 Å². The Bertz CT molecular complexity index is 1690. The lowest BCUT2D eigenvalue weighted by atomic mass is 10.1. The van der Waals surface area contributed by atoms with Gasteiger partial charge in [0.1, 0.15) is 12.3 Å². The summed E-state index contributed by atoms with van der Waals surface area (Å²) in [6, 6.07) is 21.3. The Morgan fingerprint density at radius 2 is 1.83 bits per heavy atom. The maximum atomic E-state index is 13.3. The topological polar surface area (TPSA) is 114 Å². The summed E-state index contributed by atoms with van der Waals surface area (Å²) in [5.74, 6) is 0.338. The van der Waals surface area contributed by atoms with Gasteiger partial charge in [-0.2, -0.15) is 5.26 Å². The number of nitrogens with zero attached hydrogens (tertiary/aromatic N) is 5. The molecule has 0 aliphatic carbocycles. The number of aryl methyl sites for hydroxylation is 1. The van der Waals surface area contributed by atoms with E-state index in [0.29, 0.717) is 28.0 Å². The number of hydrogen-bond acceptors (Lipinski definition) is 6. The molecule has 0 bridgehead atoms. The van der Waals surface area contributed by atoms with E-state index in [-0.39, 0.29) is 18.1 Å². The van der Waals surface area contributed by atoms with Crippen LogP contribution in [0.2, 0.25) is 0 Å². The zero-order chi connectivity index (χ0) is 24.5. The quantitative estimate of drug-likeness (QED) is 0.421. The molecule has 0 saturated carbocycles. The summed E-state index contributed by atoms with van der Waals surface area (Å²) < 4.78 is 8.61. The van der Waals surface area contributed by atoms with Crippen LogP contribution in [0, 0.1) is 25.2 Å². The average molecular weight is 464 g/mol. The van der Waals surface area contributed by atoms with Crippen LogP contribution in [0.1, 0.15) is 16.7 Å². The molecule has 2 aromatic heterocycles. The number of nitriles is 1. The second-order valence-corrected chi connectivity index (χ2v) is 8.04.